The molecule has 4 unspecified atom stereocenters. The van der Waals surface area contributed by atoms with Crippen LogP contribution in [0.2, 0.25) is 0 Å². The number of amides is 2. The number of nitrogens with zero attached hydrogens (tertiary/aromatic N) is 1. The minimum Gasteiger partial charge on any atom is -0.350 e. The number of hydrogen-bond donors (Lipinski definition) is 2. The van der Waals surface area contributed by atoms with Crippen molar-refractivity contribution in [3.8, 4) is 0 Å². The van der Waals surface area contributed by atoms with Crippen LogP contribution in [0.4, 0.5) is 0 Å². The van der Waals surface area contributed by atoms with Gasteiger partial charge in [0.05, 0.1) is 12.1 Å². The monoisotopic (exact) mass is 349 g/mol. The predicted molar refractivity (Wildman–Crippen MR) is 94.1 cm³/mol. The van der Waals surface area contributed by atoms with Crippen molar-refractivity contribution in [2.45, 2.75) is 49.7 Å². The third-order valence-electron chi connectivity index (χ3n) is 5.27. The molecule has 1 aromatic rings. The van der Waals surface area contributed by atoms with Gasteiger partial charge in [0, 0.05) is 24.9 Å². The lowest BCUT2D eigenvalue weighted by Gasteiger charge is -2.19. The van der Waals surface area contributed by atoms with Crippen LogP contribution < -0.4 is 10.6 Å². The van der Waals surface area contributed by atoms with Gasteiger partial charge in [0.15, 0.2) is 0 Å². The molecule has 4 atom stereocenters. The lowest BCUT2D eigenvalue weighted by molar-refractivity contribution is -0.128. The SMILES string of the molecule is Cl.O=C(NC1CC(=O)N(C2CC2c2ccccc2)C1)C1CCCN1. The summed E-state index contributed by atoms with van der Waals surface area (Å²) in [5, 5.41) is 6.26. The molecule has 5 nitrogen and oxygen atoms in total. The highest BCUT2D eigenvalue weighted by Gasteiger charge is 2.48. The Morgan fingerprint density at radius 2 is 2.04 bits per heavy atom. The summed E-state index contributed by atoms with van der Waals surface area (Å²) in [7, 11) is 0. The summed E-state index contributed by atoms with van der Waals surface area (Å²) in [6.45, 7) is 1.57. The number of nitrogens with one attached hydrogen (secondary N) is 2. The first-order valence-corrected chi connectivity index (χ1v) is 8.60. The predicted octanol–water partition coefficient (Wildman–Crippen LogP) is 1.43. The molecule has 3 aliphatic rings. The largest absolute Gasteiger partial charge is 0.350 e. The maximum absolute atomic E-state index is 12.3. The Kier molecular flexibility index (Phi) is 5.11. The third kappa shape index (κ3) is 3.42. The van der Waals surface area contributed by atoms with E-state index in [0.717, 1.165) is 25.8 Å². The van der Waals surface area contributed by atoms with Crippen LogP contribution in [-0.2, 0) is 9.59 Å². The van der Waals surface area contributed by atoms with Gasteiger partial charge in [-0.25, -0.2) is 0 Å². The van der Waals surface area contributed by atoms with Crippen molar-refractivity contribution in [1.29, 1.82) is 0 Å². The number of carbonyl (C=O) groups is 2. The van der Waals surface area contributed by atoms with Crippen molar-refractivity contribution < 1.29 is 9.59 Å². The van der Waals surface area contributed by atoms with E-state index in [2.05, 4.69) is 22.8 Å². The van der Waals surface area contributed by atoms with Crippen molar-refractivity contribution >= 4 is 24.2 Å². The molecule has 0 bridgehead atoms. The Morgan fingerprint density at radius 3 is 2.75 bits per heavy atom. The summed E-state index contributed by atoms with van der Waals surface area (Å²) >= 11 is 0. The molecule has 2 amide bonds. The molecule has 1 aromatic carbocycles. The van der Waals surface area contributed by atoms with Gasteiger partial charge in [0.1, 0.15) is 0 Å². The smallest absolute Gasteiger partial charge is 0.237 e. The number of halogens is 1. The summed E-state index contributed by atoms with van der Waals surface area (Å²) in [5.41, 5.74) is 1.31. The van der Waals surface area contributed by atoms with Gasteiger partial charge in [-0.15, -0.1) is 12.4 Å². The lowest BCUT2D eigenvalue weighted by atomic mass is 10.1. The molecule has 130 valence electrons. The normalized spacial score (nSPS) is 31.7. The van der Waals surface area contributed by atoms with Gasteiger partial charge >= 0.3 is 0 Å². The molecular weight excluding hydrogens is 326 g/mol. The molecular formula is C18H24ClN3O2. The van der Waals surface area contributed by atoms with Crippen molar-refractivity contribution in [2.24, 2.45) is 0 Å². The Bertz CT molecular complexity index is 604. The summed E-state index contributed by atoms with van der Waals surface area (Å²) in [4.78, 5) is 26.5. The maximum atomic E-state index is 12.3. The Balaban J connectivity index is 0.00000169. The molecule has 2 heterocycles. The first-order chi connectivity index (χ1) is 11.2. The highest BCUT2D eigenvalue weighted by Crippen LogP contribution is 2.45. The van der Waals surface area contributed by atoms with E-state index in [4.69, 9.17) is 0 Å². The average molecular weight is 350 g/mol. The molecule has 4 rings (SSSR count). The van der Waals surface area contributed by atoms with Crippen LogP contribution in [0.3, 0.4) is 0 Å². The van der Waals surface area contributed by atoms with Crippen LogP contribution in [0.1, 0.15) is 37.2 Å². The van der Waals surface area contributed by atoms with Crippen LogP contribution >= 0.6 is 12.4 Å². The first-order valence-electron chi connectivity index (χ1n) is 8.60. The zero-order chi connectivity index (χ0) is 15.8. The summed E-state index contributed by atoms with van der Waals surface area (Å²) in [5.74, 6) is 0.696. The van der Waals surface area contributed by atoms with Gasteiger partial charge in [-0.05, 0) is 31.4 Å². The van der Waals surface area contributed by atoms with E-state index in [1.165, 1.54) is 5.56 Å². The van der Waals surface area contributed by atoms with E-state index in [9.17, 15) is 9.59 Å². The Hall–Kier alpha value is -1.59. The molecule has 2 N–H and O–H groups in total. The zero-order valence-corrected chi connectivity index (χ0v) is 14.4. The number of carbonyl (C=O) groups excluding carboxylic acids is 2. The standard InChI is InChI=1S/C18H23N3O2.ClH/c22-17-9-13(20-18(23)15-7-4-8-19-15)11-21(17)16-10-14(16)12-5-2-1-3-6-12;/h1-3,5-6,13-16,19H,4,7-11H2,(H,20,23);1H. The molecule has 24 heavy (non-hydrogen) atoms. The minimum absolute atomic E-state index is 0. The Morgan fingerprint density at radius 1 is 1.25 bits per heavy atom. The zero-order valence-electron chi connectivity index (χ0n) is 13.6. The van der Waals surface area contributed by atoms with Gasteiger partial charge < -0.3 is 15.5 Å². The van der Waals surface area contributed by atoms with Gasteiger partial charge in [0.2, 0.25) is 11.8 Å². The van der Waals surface area contributed by atoms with Gasteiger partial charge in [-0.3, -0.25) is 9.59 Å². The fraction of sp³-hybridized carbons (Fsp3) is 0.556. The van der Waals surface area contributed by atoms with Crippen molar-refractivity contribution in [3.63, 3.8) is 0 Å². The molecule has 2 saturated heterocycles. The molecule has 3 fully saturated rings. The highest BCUT2D eigenvalue weighted by molar-refractivity contribution is 5.85. The second-order valence-corrected chi connectivity index (χ2v) is 6.92. The number of benzene rings is 1. The van der Waals surface area contributed by atoms with Crippen LogP contribution in [0.5, 0.6) is 0 Å². The Labute approximate surface area is 148 Å². The van der Waals surface area contributed by atoms with Crippen molar-refractivity contribution in [3.05, 3.63) is 35.9 Å². The fourth-order valence-electron chi connectivity index (χ4n) is 3.94. The van der Waals surface area contributed by atoms with E-state index in [0.29, 0.717) is 24.9 Å². The summed E-state index contributed by atoms with van der Waals surface area (Å²) in [6.07, 6.45) is 3.43. The summed E-state index contributed by atoms with van der Waals surface area (Å²) in [6, 6.07) is 10.6. The van der Waals surface area contributed by atoms with E-state index in [-0.39, 0.29) is 36.3 Å². The molecule has 1 aliphatic carbocycles. The fourth-order valence-corrected chi connectivity index (χ4v) is 3.94. The van der Waals surface area contributed by atoms with Crippen molar-refractivity contribution in [2.75, 3.05) is 13.1 Å². The molecule has 0 aromatic heterocycles. The molecule has 0 spiro atoms. The van der Waals surface area contributed by atoms with E-state index in [1.54, 1.807) is 0 Å². The number of rotatable bonds is 4. The molecule has 1 saturated carbocycles. The van der Waals surface area contributed by atoms with Crippen molar-refractivity contribution in [1.82, 2.24) is 15.5 Å². The van der Waals surface area contributed by atoms with Crippen LogP contribution in [0.15, 0.2) is 30.3 Å². The van der Waals surface area contributed by atoms with Gasteiger partial charge in [-0.2, -0.15) is 0 Å². The molecule has 2 aliphatic heterocycles. The lowest BCUT2D eigenvalue weighted by Crippen LogP contribution is -2.46. The van der Waals surface area contributed by atoms with Gasteiger partial charge in [-0.1, -0.05) is 30.3 Å². The molecule has 6 heteroatoms. The first kappa shape index (κ1) is 17.2. The van der Waals surface area contributed by atoms with Crippen LogP contribution in [0, 0.1) is 0 Å². The third-order valence-corrected chi connectivity index (χ3v) is 5.27. The van der Waals surface area contributed by atoms with Crippen LogP contribution in [0.25, 0.3) is 0 Å². The van der Waals surface area contributed by atoms with E-state index < -0.39 is 0 Å². The van der Waals surface area contributed by atoms with Crippen LogP contribution in [-0.4, -0.2) is 47.9 Å². The topological polar surface area (TPSA) is 61.4 Å². The molecule has 0 radical (unpaired) electrons. The quantitative estimate of drug-likeness (QED) is 0.864. The second kappa shape index (κ2) is 7.11. The number of hydrogen-bond acceptors (Lipinski definition) is 3. The second-order valence-electron chi connectivity index (χ2n) is 6.92. The van der Waals surface area contributed by atoms with Gasteiger partial charge in [0.25, 0.3) is 0 Å². The maximum Gasteiger partial charge on any atom is 0.237 e. The minimum atomic E-state index is -0.0721. The highest BCUT2D eigenvalue weighted by atomic mass is 35.5. The average Bonchev–Trinajstić information content (AvgIpc) is 2.98. The van der Waals surface area contributed by atoms with E-state index >= 15 is 0 Å². The summed E-state index contributed by atoms with van der Waals surface area (Å²) < 4.78 is 0. The number of likely N-dealkylation sites (tertiary alicyclic amines) is 1. The van der Waals surface area contributed by atoms with E-state index in [1.807, 2.05) is 23.1 Å².